The number of likely N-dealkylation sites (N-methyl/N-ethyl adjacent to an activating group) is 1. The van der Waals surface area contributed by atoms with Gasteiger partial charge in [-0.2, -0.15) is 0 Å². The van der Waals surface area contributed by atoms with Gasteiger partial charge in [-0.3, -0.25) is 0 Å². The van der Waals surface area contributed by atoms with Gasteiger partial charge in [-0.1, -0.05) is 18.7 Å². The van der Waals surface area contributed by atoms with Crippen LogP contribution < -0.4 is 4.74 Å². The molecule has 24 heavy (non-hydrogen) atoms. The Morgan fingerprint density at radius 3 is 2.38 bits per heavy atom. The smallest absolute Gasteiger partial charge is 0.333 e. The Morgan fingerprint density at radius 1 is 1.12 bits per heavy atom. The van der Waals surface area contributed by atoms with Gasteiger partial charge in [0.25, 0.3) is 0 Å². The fourth-order valence-electron chi connectivity index (χ4n) is 1.74. The van der Waals surface area contributed by atoms with Crippen molar-refractivity contribution in [3.8, 4) is 5.75 Å². The Kier molecular flexibility index (Phi) is 8.50. The van der Waals surface area contributed by atoms with Crippen LogP contribution in [0.3, 0.4) is 0 Å². The van der Waals surface area contributed by atoms with E-state index in [1.807, 2.05) is 24.3 Å². The van der Waals surface area contributed by atoms with E-state index in [1.165, 1.54) is 0 Å². The van der Waals surface area contributed by atoms with Gasteiger partial charge in [-0.05, 0) is 31.5 Å². The van der Waals surface area contributed by atoms with Crippen molar-refractivity contribution < 1.29 is 23.5 Å². The minimum Gasteiger partial charge on any atom is -0.491 e. The zero-order chi connectivity index (χ0) is 18.0. The van der Waals surface area contributed by atoms with Crippen LogP contribution in [0.2, 0.25) is 0 Å². The number of carbonyl (C=O) groups excluding carboxylic acids is 1. The van der Waals surface area contributed by atoms with Crippen LogP contribution in [-0.2, 0) is 20.9 Å². The number of nitrogens with zero attached hydrogens (tertiary/aromatic N) is 1. The van der Waals surface area contributed by atoms with E-state index in [0.717, 1.165) is 35.5 Å². The number of hydrogen-bond acceptors (Lipinski definition) is 4. The average molecular weight is 336 g/mol. The molecule has 0 aliphatic rings. The minimum atomic E-state index is -0.377. The molecule has 0 heterocycles. The third-order valence-electron chi connectivity index (χ3n) is 3.84. The number of ether oxygens (including phenoxy) is 3. The molecule has 0 unspecified atom stereocenters. The normalized spacial score (nSPS) is 11.2. The van der Waals surface area contributed by atoms with E-state index >= 15 is 0 Å². The molecule has 0 fully saturated rings. The maximum absolute atomic E-state index is 11.3. The van der Waals surface area contributed by atoms with Crippen molar-refractivity contribution in [1.29, 1.82) is 0 Å². The highest BCUT2D eigenvalue weighted by Gasteiger charge is 2.10. The van der Waals surface area contributed by atoms with Crippen molar-refractivity contribution in [3.63, 3.8) is 0 Å². The summed E-state index contributed by atoms with van der Waals surface area (Å²) in [5.41, 5.74) is 1.31. The summed E-state index contributed by atoms with van der Waals surface area (Å²) in [6.45, 7) is 11.5. The molecule has 5 nitrogen and oxygen atoms in total. The van der Waals surface area contributed by atoms with Crippen LogP contribution >= 0.6 is 0 Å². The first-order valence-electron chi connectivity index (χ1n) is 8.28. The number of quaternary nitrogens is 1. The zero-order valence-electron chi connectivity index (χ0n) is 15.3. The Balaban J connectivity index is 2.20. The molecule has 0 aliphatic heterocycles. The highest BCUT2D eigenvalue weighted by atomic mass is 16.5. The van der Waals surface area contributed by atoms with E-state index in [0.29, 0.717) is 18.8 Å². The lowest BCUT2D eigenvalue weighted by Crippen LogP contribution is -2.42. The molecule has 0 amide bonds. The molecule has 0 N–H and O–H groups in total. The molecule has 1 rings (SSSR count). The van der Waals surface area contributed by atoms with Crippen LogP contribution in [0.25, 0.3) is 0 Å². The second kappa shape index (κ2) is 10.1. The largest absolute Gasteiger partial charge is 0.491 e. The van der Waals surface area contributed by atoms with Crippen molar-refractivity contribution >= 4 is 5.97 Å². The van der Waals surface area contributed by atoms with Gasteiger partial charge >= 0.3 is 5.97 Å². The lowest BCUT2D eigenvalue weighted by atomic mass is 10.2. The van der Waals surface area contributed by atoms with Crippen LogP contribution in [0.5, 0.6) is 5.75 Å². The molecular weight excluding hydrogens is 306 g/mol. The minimum absolute atomic E-state index is 0.237. The fourth-order valence-corrected chi connectivity index (χ4v) is 1.74. The van der Waals surface area contributed by atoms with Gasteiger partial charge in [0.1, 0.15) is 25.5 Å². The predicted octanol–water partition coefficient (Wildman–Crippen LogP) is 2.80. The summed E-state index contributed by atoms with van der Waals surface area (Å²) in [6, 6.07) is 7.48. The monoisotopic (exact) mass is 336 g/mol. The first-order valence-corrected chi connectivity index (χ1v) is 8.28. The fraction of sp³-hybridized carbons (Fsp3) is 0.526. The van der Waals surface area contributed by atoms with Gasteiger partial charge in [0.05, 0.1) is 33.9 Å². The summed E-state index contributed by atoms with van der Waals surface area (Å²) in [5, 5.41) is 0. The summed E-state index contributed by atoms with van der Waals surface area (Å²) in [6.07, 6.45) is 0. The molecule has 1 aromatic carbocycles. The molecule has 0 saturated heterocycles. The van der Waals surface area contributed by atoms with Crippen LogP contribution in [0, 0.1) is 0 Å². The van der Waals surface area contributed by atoms with Gasteiger partial charge in [0.15, 0.2) is 0 Å². The molecule has 0 saturated carbocycles. The Bertz CT molecular complexity index is 523. The summed E-state index contributed by atoms with van der Waals surface area (Å²) in [4.78, 5) is 11.3. The van der Waals surface area contributed by atoms with Gasteiger partial charge in [-0.25, -0.2) is 4.79 Å². The Hall–Kier alpha value is -1.85. The van der Waals surface area contributed by atoms with Gasteiger partial charge in [0.2, 0.25) is 0 Å². The van der Waals surface area contributed by atoms with Crippen LogP contribution in [0.15, 0.2) is 36.4 Å². The molecule has 134 valence electrons. The number of carbonyl (C=O) groups is 1. The molecule has 1 aromatic rings. The maximum atomic E-state index is 11.3. The van der Waals surface area contributed by atoms with Crippen molar-refractivity contribution in [2.24, 2.45) is 0 Å². The maximum Gasteiger partial charge on any atom is 0.333 e. The van der Waals surface area contributed by atoms with Gasteiger partial charge in [0, 0.05) is 5.57 Å². The summed E-state index contributed by atoms with van der Waals surface area (Å²) in [7, 11) is 4.38. The lowest BCUT2D eigenvalue weighted by Gasteiger charge is -2.27. The van der Waals surface area contributed by atoms with Crippen LogP contribution in [0.1, 0.15) is 19.4 Å². The molecular formula is C19H30NO4+. The second-order valence-corrected chi connectivity index (χ2v) is 6.44. The van der Waals surface area contributed by atoms with E-state index < -0.39 is 0 Å². The lowest BCUT2D eigenvalue weighted by molar-refractivity contribution is -0.888. The van der Waals surface area contributed by atoms with E-state index in [2.05, 4.69) is 27.6 Å². The third-order valence-corrected chi connectivity index (χ3v) is 3.84. The first kappa shape index (κ1) is 20.2. The van der Waals surface area contributed by atoms with Crippen molar-refractivity contribution in [1.82, 2.24) is 0 Å². The van der Waals surface area contributed by atoms with E-state index in [4.69, 9.17) is 14.2 Å². The van der Waals surface area contributed by atoms with Crippen molar-refractivity contribution in [2.75, 3.05) is 47.0 Å². The summed E-state index contributed by atoms with van der Waals surface area (Å²) >= 11 is 0. The second-order valence-electron chi connectivity index (χ2n) is 6.44. The van der Waals surface area contributed by atoms with Crippen LogP contribution in [-0.4, -0.2) is 57.5 Å². The Labute approximate surface area is 145 Å². The third kappa shape index (κ3) is 8.13. The van der Waals surface area contributed by atoms with Gasteiger partial charge in [-0.15, -0.1) is 0 Å². The van der Waals surface area contributed by atoms with E-state index in [9.17, 15) is 4.79 Å². The summed E-state index contributed by atoms with van der Waals surface area (Å²) < 4.78 is 17.3. The molecule has 0 bridgehead atoms. The standard InChI is InChI=1S/C19H30NO4/c1-6-20(4,5)11-12-22-13-14-23-18-9-7-17(8-10-18)15-24-19(21)16(2)3/h7-10H,2,6,11-15H2,1,3-5H3/q+1. The highest BCUT2D eigenvalue weighted by Crippen LogP contribution is 2.13. The number of esters is 1. The molecule has 0 spiro atoms. The average Bonchev–Trinajstić information content (AvgIpc) is 2.56. The number of hydrogen-bond donors (Lipinski definition) is 0. The molecule has 0 radical (unpaired) electrons. The number of rotatable bonds is 11. The topological polar surface area (TPSA) is 44.8 Å². The number of benzene rings is 1. The summed E-state index contributed by atoms with van der Waals surface area (Å²) in [5.74, 6) is 0.399. The zero-order valence-corrected chi connectivity index (χ0v) is 15.3. The first-order chi connectivity index (χ1) is 11.3. The quantitative estimate of drug-likeness (QED) is 0.270. The molecule has 5 heteroatoms. The molecule has 0 aromatic heterocycles. The predicted molar refractivity (Wildman–Crippen MR) is 94.9 cm³/mol. The molecule has 0 atom stereocenters. The Morgan fingerprint density at radius 2 is 1.79 bits per heavy atom. The highest BCUT2D eigenvalue weighted by molar-refractivity contribution is 5.86. The molecule has 0 aliphatic carbocycles. The van der Waals surface area contributed by atoms with E-state index in [-0.39, 0.29) is 12.6 Å². The van der Waals surface area contributed by atoms with E-state index in [1.54, 1.807) is 6.92 Å². The van der Waals surface area contributed by atoms with Crippen molar-refractivity contribution in [2.45, 2.75) is 20.5 Å². The van der Waals surface area contributed by atoms with Crippen molar-refractivity contribution in [3.05, 3.63) is 42.0 Å². The van der Waals surface area contributed by atoms with Gasteiger partial charge < -0.3 is 18.7 Å². The SMILES string of the molecule is C=C(C)C(=O)OCc1ccc(OCCOCC[N+](C)(C)CC)cc1. The van der Waals surface area contributed by atoms with Crippen LogP contribution in [0.4, 0.5) is 0 Å².